The maximum absolute atomic E-state index is 12.3. The zero-order valence-electron chi connectivity index (χ0n) is 14.0. The minimum Gasteiger partial charge on any atom is -0.497 e. The molecule has 2 aromatic heterocycles. The Kier molecular flexibility index (Phi) is 4.47. The van der Waals surface area contributed by atoms with Gasteiger partial charge in [-0.15, -0.1) is 0 Å². The summed E-state index contributed by atoms with van der Waals surface area (Å²) >= 11 is 0. The fourth-order valence-corrected chi connectivity index (χ4v) is 2.75. The van der Waals surface area contributed by atoms with Crippen LogP contribution in [0.15, 0.2) is 48.8 Å². The molecule has 2 heterocycles. The van der Waals surface area contributed by atoms with E-state index in [2.05, 4.69) is 23.8 Å². The van der Waals surface area contributed by atoms with Gasteiger partial charge in [-0.1, -0.05) is 13.8 Å². The molecule has 0 amide bonds. The number of ether oxygens (including phenoxy) is 1. The standard InChI is InChI=1S/C20H20N2O2/c1-13(2)20-16(5-7-19(23)14-8-10-21-11-9-14)17-12-15(24-3)4-6-18(17)22-20/h4-13,22H,1-3H3. The molecule has 1 aromatic carbocycles. The zero-order valence-corrected chi connectivity index (χ0v) is 14.0. The second-order valence-corrected chi connectivity index (χ2v) is 5.95. The van der Waals surface area contributed by atoms with Crippen LogP contribution in [0.3, 0.4) is 0 Å². The van der Waals surface area contributed by atoms with Gasteiger partial charge in [-0.2, -0.15) is 0 Å². The number of hydrogen-bond acceptors (Lipinski definition) is 3. The normalized spacial score (nSPS) is 11.5. The second kappa shape index (κ2) is 6.71. The molecule has 1 N–H and O–H groups in total. The average molecular weight is 320 g/mol. The van der Waals surface area contributed by atoms with Gasteiger partial charge in [0.1, 0.15) is 5.75 Å². The quantitative estimate of drug-likeness (QED) is 0.552. The van der Waals surface area contributed by atoms with Gasteiger partial charge in [0.15, 0.2) is 5.78 Å². The zero-order chi connectivity index (χ0) is 17.1. The van der Waals surface area contributed by atoms with E-state index in [0.717, 1.165) is 27.9 Å². The van der Waals surface area contributed by atoms with Gasteiger partial charge in [0.2, 0.25) is 0 Å². The van der Waals surface area contributed by atoms with E-state index in [1.54, 1.807) is 37.7 Å². The van der Waals surface area contributed by atoms with Crippen molar-refractivity contribution in [1.82, 2.24) is 9.97 Å². The van der Waals surface area contributed by atoms with Crippen molar-refractivity contribution in [3.8, 4) is 5.75 Å². The van der Waals surface area contributed by atoms with Crippen molar-refractivity contribution < 1.29 is 9.53 Å². The van der Waals surface area contributed by atoms with E-state index >= 15 is 0 Å². The second-order valence-electron chi connectivity index (χ2n) is 5.95. The number of rotatable bonds is 5. The summed E-state index contributed by atoms with van der Waals surface area (Å²) in [5.74, 6) is 1.08. The summed E-state index contributed by atoms with van der Waals surface area (Å²) in [4.78, 5) is 19.7. The van der Waals surface area contributed by atoms with Crippen LogP contribution in [0.4, 0.5) is 0 Å². The molecule has 4 heteroatoms. The number of pyridine rings is 1. The van der Waals surface area contributed by atoms with Gasteiger partial charge in [0, 0.05) is 40.1 Å². The van der Waals surface area contributed by atoms with Crippen LogP contribution < -0.4 is 4.74 Å². The van der Waals surface area contributed by atoms with Crippen LogP contribution in [0, 0.1) is 0 Å². The average Bonchev–Trinajstić information content (AvgIpc) is 2.98. The Morgan fingerprint density at radius 2 is 1.96 bits per heavy atom. The minimum atomic E-state index is -0.0376. The number of benzene rings is 1. The van der Waals surface area contributed by atoms with E-state index in [1.807, 2.05) is 24.3 Å². The molecule has 3 aromatic rings. The first kappa shape index (κ1) is 16.0. The van der Waals surface area contributed by atoms with E-state index in [4.69, 9.17) is 4.74 Å². The summed E-state index contributed by atoms with van der Waals surface area (Å²) in [6.07, 6.45) is 6.74. The Morgan fingerprint density at radius 1 is 1.21 bits per heavy atom. The van der Waals surface area contributed by atoms with Crippen molar-refractivity contribution >= 4 is 22.8 Å². The number of nitrogens with zero attached hydrogens (tertiary/aromatic N) is 1. The molecule has 0 saturated carbocycles. The molecule has 0 saturated heterocycles. The first-order valence-electron chi connectivity index (χ1n) is 7.92. The lowest BCUT2D eigenvalue weighted by atomic mass is 10.0. The first-order chi connectivity index (χ1) is 11.6. The third kappa shape index (κ3) is 3.08. The Balaban J connectivity index is 2.05. The predicted molar refractivity (Wildman–Crippen MR) is 96.5 cm³/mol. The Morgan fingerprint density at radius 3 is 2.62 bits per heavy atom. The fourth-order valence-electron chi connectivity index (χ4n) is 2.75. The van der Waals surface area contributed by atoms with Gasteiger partial charge < -0.3 is 9.72 Å². The third-order valence-corrected chi connectivity index (χ3v) is 4.02. The van der Waals surface area contributed by atoms with E-state index in [-0.39, 0.29) is 5.78 Å². The molecule has 0 aliphatic carbocycles. The van der Waals surface area contributed by atoms with Crippen molar-refractivity contribution in [3.63, 3.8) is 0 Å². The molecule has 0 aliphatic heterocycles. The van der Waals surface area contributed by atoms with Crippen LogP contribution in [0.5, 0.6) is 5.75 Å². The molecule has 0 bridgehead atoms. The number of nitrogens with one attached hydrogen (secondary N) is 1. The topological polar surface area (TPSA) is 55.0 Å². The molecular formula is C20H20N2O2. The minimum absolute atomic E-state index is 0.0376. The van der Waals surface area contributed by atoms with E-state index in [9.17, 15) is 4.79 Å². The van der Waals surface area contributed by atoms with Crippen LogP contribution in [0.2, 0.25) is 0 Å². The SMILES string of the molecule is COc1ccc2[nH]c(C(C)C)c(C=CC(=O)c3ccncc3)c2c1. The highest BCUT2D eigenvalue weighted by molar-refractivity contribution is 6.08. The van der Waals surface area contributed by atoms with Crippen LogP contribution in [0.1, 0.15) is 41.4 Å². The number of carbonyl (C=O) groups excluding carboxylic acids is 1. The lowest BCUT2D eigenvalue weighted by molar-refractivity contribution is 0.104. The lowest BCUT2D eigenvalue weighted by Crippen LogP contribution is -1.95. The highest BCUT2D eigenvalue weighted by Gasteiger charge is 2.13. The number of hydrogen-bond donors (Lipinski definition) is 1. The summed E-state index contributed by atoms with van der Waals surface area (Å²) in [5, 5.41) is 1.05. The van der Waals surface area contributed by atoms with Gasteiger partial charge in [-0.3, -0.25) is 9.78 Å². The molecule has 3 rings (SSSR count). The number of fused-ring (bicyclic) bond motifs is 1. The van der Waals surface area contributed by atoms with Gasteiger partial charge in [0.25, 0.3) is 0 Å². The summed E-state index contributed by atoms with van der Waals surface area (Å²) in [7, 11) is 1.65. The lowest BCUT2D eigenvalue weighted by Gasteiger charge is -2.04. The molecule has 0 spiro atoms. The van der Waals surface area contributed by atoms with Crippen molar-refractivity contribution in [3.05, 3.63) is 65.6 Å². The maximum atomic E-state index is 12.3. The van der Waals surface area contributed by atoms with Gasteiger partial charge in [-0.05, 0) is 48.4 Å². The van der Waals surface area contributed by atoms with Gasteiger partial charge in [0.05, 0.1) is 7.11 Å². The van der Waals surface area contributed by atoms with Crippen LogP contribution in [-0.2, 0) is 0 Å². The number of ketones is 1. The number of aromatic amines is 1. The smallest absolute Gasteiger partial charge is 0.185 e. The number of carbonyl (C=O) groups is 1. The molecule has 4 nitrogen and oxygen atoms in total. The summed E-state index contributed by atoms with van der Waals surface area (Å²) in [6, 6.07) is 9.36. The Bertz CT molecular complexity index is 893. The molecule has 0 atom stereocenters. The third-order valence-electron chi connectivity index (χ3n) is 4.02. The van der Waals surface area contributed by atoms with Crippen molar-refractivity contribution in [2.45, 2.75) is 19.8 Å². The number of H-pyrrole nitrogens is 1. The fraction of sp³-hybridized carbons (Fsp3) is 0.200. The molecular weight excluding hydrogens is 300 g/mol. The Hall–Kier alpha value is -2.88. The number of allylic oxidation sites excluding steroid dienone is 1. The van der Waals surface area contributed by atoms with E-state index in [1.165, 1.54) is 0 Å². The monoisotopic (exact) mass is 320 g/mol. The maximum Gasteiger partial charge on any atom is 0.185 e. The molecule has 0 radical (unpaired) electrons. The van der Waals surface area contributed by atoms with Crippen LogP contribution >= 0.6 is 0 Å². The van der Waals surface area contributed by atoms with Crippen molar-refractivity contribution in [2.75, 3.05) is 7.11 Å². The number of aromatic nitrogens is 2. The summed E-state index contributed by atoms with van der Waals surface area (Å²) in [5.41, 5.74) is 3.80. The van der Waals surface area contributed by atoms with E-state index < -0.39 is 0 Å². The largest absolute Gasteiger partial charge is 0.497 e. The highest BCUT2D eigenvalue weighted by Crippen LogP contribution is 2.31. The Labute approximate surface area is 141 Å². The van der Waals surface area contributed by atoms with Crippen molar-refractivity contribution in [2.24, 2.45) is 0 Å². The van der Waals surface area contributed by atoms with E-state index in [0.29, 0.717) is 11.5 Å². The molecule has 0 unspecified atom stereocenters. The molecule has 24 heavy (non-hydrogen) atoms. The van der Waals surface area contributed by atoms with Gasteiger partial charge in [-0.25, -0.2) is 0 Å². The van der Waals surface area contributed by atoms with Crippen LogP contribution in [0.25, 0.3) is 17.0 Å². The molecule has 122 valence electrons. The van der Waals surface area contributed by atoms with Crippen LogP contribution in [-0.4, -0.2) is 22.9 Å². The number of methoxy groups -OCH3 is 1. The summed E-state index contributed by atoms with van der Waals surface area (Å²) < 4.78 is 5.33. The molecule has 0 aliphatic rings. The highest BCUT2D eigenvalue weighted by atomic mass is 16.5. The molecule has 0 fully saturated rings. The predicted octanol–water partition coefficient (Wildman–Crippen LogP) is 4.59. The first-order valence-corrected chi connectivity index (χ1v) is 7.92. The van der Waals surface area contributed by atoms with Gasteiger partial charge >= 0.3 is 0 Å². The summed E-state index contributed by atoms with van der Waals surface area (Å²) in [6.45, 7) is 4.26. The van der Waals surface area contributed by atoms with Crippen molar-refractivity contribution in [1.29, 1.82) is 0 Å².